The maximum Gasteiger partial charge on any atom is 0.228 e. The predicted molar refractivity (Wildman–Crippen MR) is 62.7 cm³/mol. The molecule has 0 fully saturated rings. The summed E-state index contributed by atoms with van der Waals surface area (Å²) in [4.78, 5) is 18.5. The van der Waals surface area contributed by atoms with E-state index in [1.165, 1.54) is 0 Å². The van der Waals surface area contributed by atoms with E-state index in [-0.39, 0.29) is 0 Å². The van der Waals surface area contributed by atoms with Crippen molar-refractivity contribution in [3.05, 3.63) is 36.5 Å². The normalized spacial score (nSPS) is 10.0. The van der Waals surface area contributed by atoms with Crippen LogP contribution in [0.1, 0.15) is 5.82 Å². The Labute approximate surface area is 99.3 Å². The van der Waals surface area contributed by atoms with Crippen molar-refractivity contribution in [1.29, 1.82) is 0 Å². The number of aromatic nitrogens is 4. The summed E-state index contributed by atoms with van der Waals surface area (Å²) >= 11 is 0. The average Bonchev–Trinajstić information content (AvgIpc) is 2.40. The van der Waals surface area contributed by atoms with Gasteiger partial charge in [-0.3, -0.25) is 0 Å². The SMILES string of the molecule is COc1ccnc(N(C)Cc2ncccn2)n1. The van der Waals surface area contributed by atoms with Crippen LogP contribution in [-0.2, 0) is 6.54 Å². The highest BCUT2D eigenvalue weighted by Gasteiger charge is 2.07. The lowest BCUT2D eigenvalue weighted by Crippen LogP contribution is -2.20. The van der Waals surface area contributed by atoms with Gasteiger partial charge in [-0.1, -0.05) is 0 Å². The minimum absolute atomic E-state index is 0.538. The molecule has 88 valence electrons. The molecule has 0 saturated heterocycles. The van der Waals surface area contributed by atoms with Crippen molar-refractivity contribution in [3.8, 4) is 5.88 Å². The van der Waals surface area contributed by atoms with Crippen LogP contribution in [0.2, 0.25) is 0 Å². The van der Waals surface area contributed by atoms with Crippen molar-refractivity contribution in [3.63, 3.8) is 0 Å². The molecule has 2 rings (SSSR count). The first-order chi connectivity index (χ1) is 8.29. The van der Waals surface area contributed by atoms with Gasteiger partial charge in [0.15, 0.2) is 0 Å². The largest absolute Gasteiger partial charge is 0.481 e. The van der Waals surface area contributed by atoms with Crippen LogP contribution in [-0.4, -0.2) is 34.1 Å². The van der Waals surface area contributed by atoms with Gasteiger partial charge in [-0.05, 0) is 6.07 Å². The Bertz CT molecular complexity index is 476. The Morgan fingerprint density at radius 3 is 2.65 bits per heavy atom. The van der Waals surface area contributed by atoms with Gasteiger partial charge < -0.3 is 9.64 Å². The van der Waals surface area contributed by atoms with E-state index in [0.29, 0.717) is 18.4 Å². The maximum absolute atomic E-state index is 5.05. The Morgan fingerprint density at radius 2 is 1.94 bits per heavy atom. The van der Waals surface area contributed by atoms with E-state index in [9.17, 15) is 0 Å². The molecule has 0 spiro atoms. The second-order valence-corrected chi connectivity index (χ2v) is 3.42. The zero-order valence-corrected chi connectivity index (χ0v) is 9.74. The number of anilines is 1. The van der Waals surface area contributed by atoms with Crippen molar-refractivity contribution in [1.82, 2.24) is 19.9 Å². The lowest BCUT2D eigenvalue weighted by Gasteiger charge is -2.15. The molecule has 0 aliphatic rings. The van der Waals surface area contributed by atoms with Crippen LogP contribution in [0.3, 0.4) is 0 Å². The smallest absolute Gasteiger partial charge is 0.228 e. The third-order valence-corrected chi connectivity index (χ3v) is 2.17. The van der Waals surface area contributed by atoms with Crippen LogP contribution in [0.15, 0.2) is 30.7 Å². The Kier molecular flexibility index (Phi) is 3.44. The minimum atomic E-state index is 0.538. The van der Waals surface area contributed by atoms with E-state index in [0.717, 1.165) is 5.82 Å². The number of hydrogen-bond acceptors (Lipinski definition) is 6. The van der Waals surface area contributed by atoms with E-state index >= 15 is 0 Å². The molecule has 2 aromatic heterocycles. The highest BCUT2D eigenvalue weighted by atomic mass is 16.5. The summed E-state index contributed by atoms with van der Waals surface area (Å²) < 4.78 is 5.05. The van der Waals surface area contributed by atoms with E-state index in [1.807, 2.05) is 11.9 Å². The fourth-order valence-corrected chi connectivity index (χ4v) is 1.32. The lowest BCUT2D eigenvalue weighted by atomic mass is 10.5. The summed E-state index contributed by atoms with van der Waals surface area (Å²) in [5.74, 6) is 1.84. The van der Waals surface area contributed by atoms with Crippen LogP contribution >= 0.6 is 0 Å². The topological polar surface area (TPSA) is 64.0 Å². The van der Waals surface area contributed by atoms with E-state index in [1.54, 1.807) is 37.8 Å². The van der Waals surface area contributed by atoms with E-state index < -0.39 is 0 Å². The molecular weight excluding hydrogens is 218 g/mol. The minimum Gasteiger partial charge on any atom is -0.481 e. The maximum atomic E-state index is 5.05. The van der Waals surface area contributed by atoms with E-state index in [2.05, 4.69) is 19.9 Å². The Morgan fingerprint density at radius 1 is 1.18 bits per heavy atom. The monoisotopic (exact) mass is 231 g/mol. The van der Waals surface area contributed by atoms with Gasteiger partial charge >= 0.3 is 0 Å². The van der Waals surface area contributed by atoms with Gasteiger partial charge in [0, 0.05) is 31.7 Å². The molecule has 17 heavy (non-hydrogen) atoms. The highest BCUT2D eigenvalue weighted by molar-refractivity contribution is 5.30. The molecule has 0 unspecified atom stereocenters. The van der Waals surface area contributed by atoms with Gasteiger partial charge in [0.2, 0.25) is 11.8 Å². The zero-order valence-electron chi connectivity index (χ0n) is 9.74. The first kappa shape index (κ1) is 11.3. The third-order valence-electron chi connectivity index (χ3n) is 2.17. The van der Waals surface area contributed by atoms with Gasteiger partial charge in [-0.15, -0.1) is 0 Å². The summed E-state index contributed by atoms with van der Waals surface area (Å²) in [5, 5.41) is 0. The standard InChI is InChI=1S/C11H13N5O/c1-16(8-9-12-5-3-6-13-9)11-14-7-4-10(15-11)17-2/h3-7H,8H2,1-2H3. The second kappa shape index (κ2) is 5.20. The number of ether oxygens (including phenoxy) is 1. The molecule has 2 aromatic rings. The summed E-state index contributed by atoms with van der Waals surface area (Å²) in [7, 11) is 3.46. The molecule has 0 radical (unpaired) electrons. The molecule has 6 heteroatoms. The highest BCUT2D eigenvalue weighted by Crippen LogP contribution is 2.11. The molecule has 0 aliphatic carbocycles. The number of hydrogen-bond donors (Lipinski definition) is 0. The quantitative estimate of drug-likeness (QED) is 0.779. The fraction of sp³-hybridized carbons (Fsp3) is 0.273. The van der Waals surface area contributed by atoms with Gasteiger partial charge in [-0.25, -0.2) is 15.0 Å². The Hall–Kier alpha value is -2.24. The summed E-state index contributed by atoms with van der Waals surface area (Å²) in [6.45, 7) is 0.550. The van der Waals surface area contributed by atoms with Crippen molar-refractivity contribution in [2.75, 3.05) is 19.1 Å². The summed E-state index contributed by atoms with van der Waals surface area (Å²) in [5.41, 5.74) is 0. The van der Waals surface area contributed by atoms with Crippen LogP contribution < -0.4 is 9.64 Å². The van der Waals surface area contributed by atoms with Gasteiger partial charge in [-0.2, -0.15) is 4.98 Å². The van der Waals surface area contributed by atoms with Crippen molar-refractivity contribution < 1.29 is 4.74 Å². The van der Waals surface area contributed by atoms with Crippen molar-refractivity contribution in [2.24, 2.45) is 0 Å². The molecule has 2 heterocycles. The first-order valence-corrected chi connectivity index (χ1v) is 5.13. The number of rotatable bonds is 4. The fourth-order valence-electron chi connectivity index (χ4n) is 1.32. The number of methoxy groups -OCH3 is 1. The van der Waals surface area contributed by atoms with Gasteiger partial charge in [0.25, 0.3) is 0 Å². The molecule has 0 bridgehead atoms. The lowest BCUT2D eigenvalue weighted by molar-refractivity contribution is 0.397. The predicted octanol–water partition coefficient (Wildman–Crippen LogP) is 0.912. The van der Waals surface area contributed by atoms with Gasteiger partial charge in [0.1, 0.15) is 5.82 Å². The molecule has 6 nitrogen and oxygen atoms in total. The van der Waals surface area contributed by atoms with Crippen molar-refractivity contribution in [2.45, 2.75) is 6.54 Å². The molecule has 0 aromatic carbocycles. The summed E-state index contributed by atoms with van der Waals surface area (Å²) in [6.07, 6.45) is 5.08. The Balaban J connectivity index is 2.11. The number of nitrogens with zero attached hydrogens (tertiary/aromatic N) is 5. The van der Waals surface area contributed by atoms with Gasteiger partial charge in [0.05, 0.1) is 13.7 Å². The van der Waals surface area contributed by atoms with Crippen molar-refractivity contribution >= 4 is 5.95 Å². The van der Waals surface area contributed by atoms with E-state index in [4.69, 9.17) is 4.74 Å². The zero-order chi connectivity index (χ0) is 12.1. The second-order valence-electron chi connectivity index (χ2n) is 3.42. The third kappa shape index (κ3) is 2.87. The molecular formula is C11H13N5O. The average molecular weight is 231 g/mol. The molecule has 0 amide bonds. The molecule has 0 atom stereocenters. The van der Waals surface area contributed by atoms with Crippen LogP contribution in [0.4, 0.5) is 5.95 Å². The van der Waals surface area contributed by atoms with Crippen LogP contribution in [0.5, 0.6) is 5.88 Å². The molecule has 0 aliphatic heterocycles. The van der Waals surface area contributed by atoms with Crippen LogP contribution in [0.25, 0.3) is 0 Å². The summed E-state index contributed by atoms with van der Waals surface area (Å²) in [6, 6.07) is 3.49. The first-order valence-electron chi connectivity index (χ1n) is 5.13. The molecule has 0 N–H and O–H groups in total. The molecule has 0 saturated carbocycles. The van der Waals surface area contributed by atoms with Crippen LogP contribution in [0, 0.1) is 0 Å².